The third-order valence-corrected chi connectivity index (χ3v) is 7.96. The largest absolute Gasteiger partial charge is 0.344 e. The molecular weight excluding hydrogens is 493 g/mol. The highest BCUT2D eigenvalue weighted by Gasteiger charge is 2.48. The van der Waals surface area contributed by atoms with Gasteiger partial charge in [0.1, 0.15) is 5.82 Å². The molecule has 1 aliphatic heterocycles. The number of alkyl halides is 2. The molecule has 0 bridgehead atoms. The van der Waals surface area contributed by atoms with Crippen LogP contribution < -0.4 is 9.62 Å². The molecule has 7 nitrogen and oxygen atoms in total. The summed E-state index contributed by atoms with van der Waals surface area (Å²) in [6.07, 6.45) is 1.60. The Morgan fingerprint density at radius 3 is 2.39 bits per heavy atom. The number of hydrogen-bond donors (Lipinski definition) is 3. The van der Waals surface area contributed by atoms with Gasteiger partial charge >= 0.3 is 5.92 Å². The molecule has 3 N–H and O–H groups in total. The van der Waals surface area contributed by atoms with Crippen molar-refractivity contribution in [2.75, 3.05) is 10.1 Å². The molecule has 1 fully saturated rings. The Morgan fingerprint density at radius 2 is 1.72 bits per heavy atom. The number of hydrogen-bond acceptors (Lipinski definition) is 5. The van der Waals surface area contributed by atoms with E-state index in [-0.39, 0.29) is 11.6 Å². The summed E-state index contributed by atoms with van der Waals surface area (Å²) in [5.41, 5.74) is 2.40. The Labute approximate surface area is 206 Å². The summed E-state index contributed by atoms with van der Waals surface area (Å²) in [4.78, 5) is 12.1. The summed E-state index contributed by atoms with van der Waals surface area (Å²) < 4.78 is 65.9. The fraction of sp³-hybridized carbons (Fsp3) is 0.200. The van der Waals surface area contributed by atoms with E-state index in [1.165, 1.54) is 16.4 Å². The Balaban J connectivity index is 1.57. The van der Waals surface area contributed by atoms with E-state index in [1.54, 1.807) is 71.5 Å². The molecule has 0 aliphatic carbocycles. The monoisotopic (exact) mass is 516 g/mol. The maximum absolute atomic E-state index is 13.7. The number of aromatic nitrogens is 2. The number of carbonyl (C=O) groups is 1. The maximum Gasteiger partial charge on any atom is 0.321 e. The molecule has 4 aromatic rings. The van der Waals surface area contributed by atoms with E-state index in [2.05, 4.69) is 10.4 Å². The standard InChI is InChI=1S/C25H23F3N4O3S/c1-25(27,28)24(33)30-21-15-36(34,35)32(23(21)16-5-3-2-4-6-16)20-11-12-22-17(13-20)14-29-31(22)19-9-7-18(26)8-10-19/h2-14,21,23,34-35H,15H2,1H3,(H,30,33)/t21-,23+/m0/s1. The number of nitrogens with zero attached hydrogens (tertiary/aromatic N) is 3. The highest BCUT2D eigenvalue weighted by molar-refractivity contribution is 8.25. The topological polar surface area (TPSA) is 90.6 Å². The normalized spacial score (nSPS) is 20.4. The van der Waals surface area contributed by atoms with Crippen LogP contribution in [0.1, 0.15) is 18.5 Å². The Hall–Kier alpha value is -3.54. The second-order valence-electron chi connectivity index (χ2n) is 8.72. The van der Waals surface area contributed by atoms with E-state index in [0.717, 1.165) is 0 Å². The minimum absolute atomic E-state index is 0.318. The van der Waals surface area contributed by atoms with Crippen LogP contribution in [0.2, 0.25) is 0 Å². The molecule has 36 heavy (non-hydrogen) atoms. The summed E-state index contributed by atoms with van der Waals surface area (Å²) in [6.45, 7) is 0.497. The SMILES string of the molecule is CC(F)(F)C(=O)N[C@H]1CS(O)(O)N(c2ccc3c(cnn3-c3ccc(F)cc3)c2)[C@@H]1c1ccccc1. The van der Waals surface area contributed by atoms with E-state index in [9.17, 15) is 27.1 Å². The highest BCUT2D eigenvalue weighted by atomic mass is 32.3. The number of benzene rings is 3. The molecule has 2 atom stereocenters. The van der Waals surface area contributed by atoms with Crippen LogP contribution in [0.25, 0.3) is 16.6 Å². The summed E-state index contributed by atoms with van der Waals surface area (Å²) in [5, 5.41) is 7.36. The lowest BCUT2D eigenvalue weighted by molar-refractivity contribution is -0.143. The van der Waals surface area contributed by atoms with Gasteiger partial charge in [-0.15, -0.1) is 10.8 Å². The van der Waals surface area contributed by atoms with Crippen LogP contribution in [0.15, 0.2) is 79.0 Å². The van der Waals surface area contributed by atoms with E-state index >= 15 is 0 Å². The average Bonchev–Trinajstić information content (AvgIpc) is 3.36. The maximum atomic E-state index is 13.7. The molecule has 1 aliphatic rings. The van der Waals surface area contributed by atoms with Gasteiger partial charge in [-0.2, -0.15) is 13.9 Å². The lowest BCUT2D eigenvalue weighted by Crippen LogP contribution is -2.47. The van der Waals surface area contributed by atoms with Crippen LogP contribution in [0.3, 0.4) is 0 Å². The van der Waals surface area contributed by atoms with Crippen molar-refractivity contribution in [3.8, 4) is 5.69 Å². The number of carbonyl (C=O) groups excluding carboxylic acids is 1. The van der Waals surface area contributed by atoms with Gasteiger partial charge in [0.2, 0.25) is 0 Å². The van der Waals surface area contributed by atoms with Gasteiger partial charge < -0.3 is 5.32 Å². The molecule has 0 unspecified atom stereocenters. The van der Waals surface area contributed by atoms with Crippen molar-refractivity contribution in [1.82, 2.24) is 15.1 Å². The Morgan fingerprint density at radius 1 is 1.06 bits per heavy atom. The van der Waals surface area contributed by atoms with Gasteiger partial charge in [0.15, 0.2) is 0 Å². The third-order valence-electron chi connectivity index (χ3n) is 6.09. The van der Waals surface area contributed by atoms with Crippen molar-refractivity contribution < 1.29 is 27.1 Å². The smallest absolute Gasteiger partial charge is 0.321 e. The van der Waals surface area contributed by atoms with Crippen LogP contribution in [-0.2, 0) is 4.79 Å². The summed E-state index contributed by atoms with van der Waals surface area (Å²) in [6, 6.07) is 17.9. The Kier molecular flexibility index (Phi) is 5.93. The van der Waals surface area contributed by atoms with Crippen LogP contribution >= 0.6 is 10.8 Å². The van der Waals surface area contributed by atoms with Gasteiger partial charge in [-0.3, -0.25) is 18.2 Å². The lowest BCUT2D eigenvalue weighted by Gasteiger charge is -2.41. The van der Waals surface area contributed by atoms with Gasteiger partial charge in [0, 0.05) is 12.3 Å². The van der Waals surface area contributed by atoms with Crippen molar-refractivity contribution in [3.63, 3.8) is 0 Å². The average molecular weight is 517 g/mol. The van der Waals surface area contributed by atoms with Crippen molar-refractivity contribution in [3.05, 3.63) is 90.4 Å². The van der Waals surface area contributed by atoms with Gasteiger partial charge in [0.05, 0.1) is 40.9 Å². The number of fused-ring (bicyclic) bond motifs is 1. The molecular formula is C25H23F3N4O3S. The minimum atomic E-state index is -3.62. The first-order valence-electron chi connectivity index (χ1n) is 11.1. The first kappa shape index (κ1) is 24.2. The van der Waals surface area contributed by atoms with E-state index in [1.807, 2.05) is 0 Å². The fourth-order valence-electron chi connectivity index (χ4n) is 4.47. The van der Waals surface area contributed by atoms with Gasteiger partial charge in [-0.25, -0.2) is 9.07 Å². The highest BCUT2D eigenvalue weighted by Crippen LogP contribution is 2.59. The summed E-state index contributed by atoms with van der Waals surface area (Å²) >= 11 is 0. The molecule has 1 saturated heterocycles. The zero-order valence-electron chi connectivity index (χ0n) is 19.1. The molecule has 0 spiro atoms. The lowest BCUT2D eigenvalue weighted by atomic mass is 9.99. The van der Waals surface area contributed by atoms with E-state index < -0.39 is 34.7 Å². The van der Waals surface area contributed by atoms with Crippen molar-refractivity contribution in [1.29, 1.82) is 0 Å². The predicted molar refractivity (Wildman–Crippen MR) is 133 cm³/mol. The fourth-order valence-corrected chi connectivity index (χ4v) is 6.46. The predicted octanol–water partition coefficient (Wildman–Crippen LogP) is 5.53. The zero-order chi connectivity index (χ0) is 25.7. The van der Waals surface area contributed by atoms with Gasteiger partial charge in [0.25, 0.3) is 5.91 Å². The molecule has 5 rings (SSSR count). The molecule has 1 amide bonds. The third kappa shape index (κ3) is 4.41. The molecule has 1 aromatic heterocycles. The van der Waals surface area contributed by atoms with Crippen LogP contribution in [-0.4, -0.2) is 42.5 Å². The zero-order valence-corrected chi connectivity index (χ0v) is 19.9. The second kappa shape index (κ2) is 8.84. The van der Waals surface area contributed by atoms with E-state index in [4.69, 9.17) is 0 Å². The van der Waals surface area contributed by atoms with Crippen molar-refractivity contribution >= 4 is 33.3 Å². The van der Waals surface area contributed by atoms with Crippen LogP contribution in [0.4, 0.5) is 18.9 Å². The number of amides is 1. The summed E-state index contributed by atoms with van der Waals surface area (Å²) in [7, 11) is -3.49. The van der Waals surface area contributed by atoms with Gasteiger partial charge in [-0.1, -0.05) is 30.3 Å². The molecule has 0 radical (unpaired) electrons. The second-order valence-corrected chi connectivity index (χ2v) is 10.7. The molecule has 11 heteroatoms. The van der Waals surface area contributed by atoms with Crippen LogP contribution in [0.5, 0.6) is 0 Å². The van der Waals surface area contributed by atoms with Crippen molar-refractivity contribution in [2.24, 2.45) is 0 Å². The molecule has 188 valence electrons. The van der Waals surface area contributed by atoms with Crippen LogP contribution in [0, 0.1) is 5.82 Å². The minimum Gasteiger partial charge on any atom is -0.344 e. The molecule has 0 saturated carbocycles. The quantitative estimate of drug-likeness (QED) is 0.325. The number of rotatable bonds is 5. The number of anilines is 1. The molecule has 3 aromatic carbocycles. The molecule has 2 heterocycles. The summed E-state index contributed by atoms with van der Waals surface area (Å²) in [5.74, 6) is -5.79. The first-order valence-corrected chi connectivity index (χ1v) is 12.7. The number of halogens is 3. The van der Waals surface area contributed by atoms with E-state index in [0.29, 0.717) is 34.8 Å². The Bertz CT molecular complexity index is 1410. The van der Waals surface area contributed by atoms with Gasteiger partial charge in [-0.05, 0) is 48.0 Å². The van der Waals surface area contributed by atoms with Crippen molar-refractivity contribution in [2.45, 2.75) is 24.9 Å². The first-order chi connectivity index (χ1) is 17.0. The number of nitrogens with one attached hydrogen (secondary N) is 1.